The second kappa shape index (κ2) is 6.37. The highest BCUT2D eigenvalue weighted by atomic mass is 16.5. The molecule has 0 radical (unpaired) electrons. The maximum atomic E-state index is 6.01. The maximum absolute atomic E-state index is 6.01. The van der Waals surface area contributed by atoms with Gasteiger partial charge in [0.05, 0.1) is 7.11 Å². The maximum Gasteiger partial charge on any atom is 0.193 e. The summed E-state index contributed by atoms with van der Waals surface area (Å²) in [4.78, 5) is 4.56. The molecule has 1 aromatic rings. The molecule has 3 rings (SSSR count). The molecule has 0 spiro atoms. The molecule has 0 bridgehead atoms. The number of hydrogen-bond donors (Lipinski definition) is 2. The summed E-state index contributed by atoms with van der Waals surface area (Å²) in [6, 6.07) is 7.74. The van der Waals surface area contributed by atoms with Crippen LogP contribution in [0.2, 0.25) is 0 Å². The molecule has 0 amide bonds. The highest BCUT2D eigenvalue weighted by Gasteiger charge is 2.38. The molecule has 2 aliphatic carbocycles. The first-order chi connectivity index (χ1) is 10.3. The number of ether oxygens (including phenoxy) is 1. The van der Waals surface area contributed by atoms with Crippen LogP contribution in [0.15, 0.2) is 29.3 Å². The van der Waals surface area contributed by atoms with Crippen molar-refractivity contribution in [3.63, 3.8) is 0 Å². The van der Waals surface area contributed by atoms with E-state index in [0.717, 1.165) is 35.7 Å². The van der Waals surface area contributed by atoms with Crippen molar-refractivity contribution in [1.29, 1.82) is 0 Å². The lowest BCUT2D eigenvalue weighted by molar-refractivity contribution is 0.354. The summed E-state index contributed by atoms with van der Waals surface area (Å²) < 4.78 is 5.20. The Morgan fingerprint density at radius 1 is 1.33 bits per heavy atom. The Kier molecular flexibility index (Phi) is 4.32. The van der Waals surface area contributed by atoms with Crippen LogP contribution in [-0.2, 0) is 0 Å². The van der Waals surface area contributed by atoms with Gasteiger partial charge in [-0.15, -0.1) is 0 Å². The first kappa shape index (κ1) is 14.2. The zero-order valence-electron chi connectivity index (χ0n) is 12.7. The number of aliphatic imine (C=N–C) groups is 1. The van der Waals surface area contributed by atoms with Crippen molar-refractivity contribution < 1.29 is 4.74 Å². The Balaban J connectivity index is 1.55. The number of nitrogens with zero attached hydrogens (tertiary/aromatic N) is 1. The minimum absolute atomic E-state index is 0.504. The third-order valence-corrected chi connectivity index (χ3v) is 4.78. The van der Waals surface area contributed by atoms with Gasteiger partial charge in [-0.1, -0.05) is 12.5 Å². The lowest BCUT2D eigenvalue weighted by atomic mass is 9.91. The van der Waals surface area contributed by atoms with Crippen molar-refractivity contribution in [1.82, 2.24) is 0 Å². The molecular weight excluding hydrogens is 262 g/mol. The first-order valence-electron chi connectivity index (χ1n) is 7.97. The summed E-state index contributed by atoms with van der Waals surface area (Å²) in [6.07, 6.45) is 6.95. The second-order valence-corrected chi connectivity index (χ2v) is 6.28. The van der Waals surface area contributed by atoms with E-state index < -0.39 is 0 Å². The quantitative estimate of drug-likeness (QED) is 0.645. The van der Waals surface area contributed by atoms with Gasteiger partial charge >= 0.3 is 0 Å². The van der Waals surface area contributed by atoms with E-state index in [1.54, 1.807) is 7.11 Å². The van der Waals surface area contributed by atoms with E-state index in [-0.39, 0.29) is 0 Å². The van der Waals surface area contributed by atoms with E-state index in [1.165, 1.54) is 32.1 Å². The molecule has 4 heteroatoms. The van der Waals surface area contributed by atoms with Crippen LogP contribution in [-0.4, -0.2) is 19.6 Å². The Morgan fingerprint density at radius 3 is 2.95 bits per heavy atom. The van der Waals surface area contributed by atoms with Gasteiger partial charge in [-0.25, -0.2) is 0 Å². The molecular formula is C17H25N3O. The lowest BCUT2D eigenvalue weighted by Gasteiger charge is -2.17. The van der Waals surface area contributed by atoms with Crippen LogP contribution in [0.4, 0.5) is 5.69 Å². The number of hydrogen-bond acceptors (Lipinski definition) is 2. The average Bonchev–Trinajstić information content (AvgIpc) is 3.24. The van der Waals surface area contributed by atoms with Gasteiger partial charge in [0.25, 0.3) is 0 Å². The lowest BCUT2D eigenvalue weighted by Crippen LogP contribution is -2.24. The highest BCUT2D eigenvalue weighted by Crippen LogP contribution is 2.48. The number of nitrogens with two attached hydrogens (primary N) is 1. The third kappa shape index (κ3) is 3.69. The van der Waals surface area contributed by atoms with Crippen LogP contribution in [0.3, 0.4) is 0 Å². The summed E-state index contributed by atoms with van der Waals surface area (Å²) in [5, 5.41) is 3.15. The van der Waals surface area contributed by atoms with E-state index in [4.69, 9.17) is 10.5 Å². The molecule has 2 fully saturated rings. The molecule has 0 aliphatic heterocycles. The molecule has 0 saturated heterocycles. The van der Waals surface area contributed by atoms with E-state index in [2.05, 4.69) is 10.3 Å². The fourth-order valence-electron chi connectivity index (χ4n) is 3.54. The number of benzene rings is 1. The zero-order chi connectivity index (χ0) is 14.7. The molecule has 2 aliphatic rings. The molecule has 1 aromatic carbocycles. The minimum Gasteiger partial charge on any atom is -0.497 e. The molecule has 0 heterocycles. The van der Waals surface area contributed by atoms with Crippen LogP contribution in [0.1, 0.15) is 32.1 Å². The number of rotatable bonds is 5. The fraction of sp³-hybridized carbons (Fsp3) is 0.588. The van der Waals surface area contributed by atoms with Crippen molar-refractivity contribution in [3.05, 3.63) is 24.3 Å². The molecule has 4 nitrogen and oxygen atoms in total. The summed E-state index contributed by atoms with van der Waals surface area (Å²) in [5.74, 6) is 3.95. The normalized spacial score (nSPS) is 25.9. The third-order valence-electron chi connectivity index (χ3n) is 4.78. The van der Waals surface area contributed by atoms with Gasteiger partial charge in [0.2, 0.25) is 0 Å². The van der Waals surface area contributed by atoms with Crippen LogP contribution in [0, 0.1) is 17.8 Å². The van der Waals surface area contributed by atoms with Crippen LogP contribution in [0.5, 0.6) is 5.75 Å². The molecule has 114 valence electrons. The molecule has 0 aromatic heterocycles. The van der Waals surface area contributed by atoms with E-state index in [0.29, 0.717) is 5.96 Å². The van der Waals surface area contributed by atoms with Crippen molar-refractivity contribution in [2.45, 2.75) is 32.1 Å². The predicted octanol–water partition coefficient (Wildman–Crippen LogP) is 3.25. The van der Waals surface area contributed by atoms with Gasteiger partial charge in [-0.2, -0.15) is 0 Å². The van der Waals surface area contributed by atoms with Gasteiger partial charge in [-0.3, -0.25) is 4.99 Å². The second-order valence-electron chi connectivity index (χ2n) is 6.28. The largest absolute Gasteiger partial charge is 0.497 e. The molecule has 21 heavy (non-hydrogen) atoms. The van der Waals surface area contributed by atoms with Crippen molar-refractivity contribution in [2.75, 3.05) is 19.0 Å². The monoisotopic (exact) mass is 287 g/mol. The Labute approximate surface area is 126 Å². The first-order valence-corrected chi connectivity index (χ1v) is 7.97. The van der Waals surface area contributed by atoms with E-state index in [1.807, 2.05) is 24.3 Å². The van der Waals surface area contributed by atoms with Crippen LogP contribution < -0.4 is 15.8 Å². The van der Waals surface area contributed by atoms with Gasteiger partial charge in [0, 0.05) is 18.3 Å². The van der Waals surface area contributed by atoms with Gasteiger partial charge in [0.15, 0.2) is 5.96 Å². The van der Waals surface area contributed by atoms with Crippen LogP contribution in [0.25, 0.3) is 0 Å². The standard InChI is InChI=1S/C17H25N3O/c1-21-15-6-3-5-14(10-15)20-17(18)19-11-13-4-2-7-16(13)12-8-9-12/h3,5-6,10,12-13,16H,2,4,7-9,11H2,1H3,(H3,18,19,20). The highest BCUT2D eigenvalue weighted by molar-refractivity contribution is 5.92. The summed E-state index contributed by atoms with van der Waals surface area (Å²) >= 11 is 0. The number of nitrogens with one attached hydrogen (secondary N) is 1. The van der Waals surface area contributed by atoms with Gasteiger partial charge < -0.3 is 15.8 Å². The van der Waals surface area contributed by atoms with Crippen molar-refractivity contribution in [2.24, 2.45) is 28.5 Å². The van der Waals surface area contributed by atoms with Crippen LogP contribution >= 0.6 is 0 Å². The zero-order valence-corrected chi connectivity index (χ0v) is 12.7. The number of methoxy groups -OCH3 is 1. The summed E-state index contributed by atoms with van der Waals surface area (Å²) in [5.41, 5.74) is 6.93. The summed E-state index contributed by atoms with van der Waals surface area (Å²) in [6.45, 7) is 0.865. The van der Waals surface area contributed by atoms with E-state index in [9.17, 15) is 0 Å². The smallest absolute Gasteiger partial charge is 0.193 e. The topological polar surface area (TPSA) is 59.6 Å². The Bertz CT molecular complexity index is 511. The van der Waals surface area contributed by atoms with Crippen molar-refractivity contribution >= 4 is 11.6 Å². The fourth-order valence-corrected chi connectivity index (χ4v) is 3.54. The Hall–Kier alpha value is -1.71. The molecule has 2 unspecified atom stereocenters. The Morgan fingerprint density at radius 2 is 2.19 bits per heavy atom. The summed E-state index contributed by atoms with van der Waals surface area (Å²) in [7, 11) is 1.66. The molecule has 3 N–H and O–H groups in total. The number of anilines is 1. The molecule has 2 saturated carbocycles. The molecule has 2 atom stereocenters. The minimum atomic E-state index is 0.504. The predicted molar refractivity (Wildman–Crippen MR) is 86.7 cm³/mol. The van der Waals surface area contributed by atoms with E-state index >= 15 is 0 Å². The van der Waals surface area contributed by atoms with Crippen molar-refractivity contribution in [3.8, 4) is 5.75 Å². The van der Waals surface area contributed by atoms with Gasteiger partial charge in [0.1, 0.15) is 5.75 Å². The number of guanidine groups is 1. The average molecular weight is 287 g/mol. The SMILES string of the molecule is COc1cccc(NC(N)=NCC2CCCC2C2CC2)c1. The van der Waals surface area contributed by atoms with Gasteiger partial charge in [-0.05, 0) is 55.6 Å².